The number of hydrogen-bond acceptors (Lipinski definition) is 4. The smallest absolute Gasteiger partial charge is 0.407 e. The minimum absolute atomic E-state index is 0.186. The van der Waals surface area contributed by atoms with Crippen molar-refractivity contribution in [3.63, 3.8) is 0 Å². The zero-order chi connectivity index (χ0) is 13.8. The van der Waals surface area contributed by atoms with Gasteiger partial charge in [0.25, 0.3) is 0 Å². The van der Waals surface area contributed by atoms with Gasteiger partial charge in [-0.1, -0.05) is 17.7 Å². The van der Waals surface area contributed by atoms with Crippen LogP contribution in [0.15, 0.2) is 24.3 Å². The van der Waals surface area contributed by atoms with Crippen molar-refractivity contribution in [1.29, 1.82) is 0 Å². The largest absolute Gasteiger partial charge is 0.480 e. The van der Waals surface area contributed by atoms with Gasteiger partial charge in [0.2, 0.25) is 0 Å². The lowest BCUT2D eigenvalue weighted by molar-refractivity contribution is -0.135. The summed E-state index contributed by atoms with van der Waals surface area (Å²) in [5, 5.41) is 12.0. The second kappa shape index (κ2) is 5.79. The van der Waals surface area contributed by atoms with E-state index < -0.39 is 12.1 Å². The Morgan fingerprint density at radius 2 is 2.37 bits per heavy atom. The molecule has 1 aromatic rings. The predicted octanol–water partition coefficient (Wildman–Crippen LogP) is 1.34. The zero-order valence-electron chi connectivity index (χ0n) is 10.0. The van der Waals surface area contributed by atoms with E-state index in [1.54, 1.807) is 29.2 Å². The summed E-state index contributed by atoms with van der Waals surface area (Å²) in [6.45, 7) is 0.481. The summed E-state index contributed by atoms with van der Waals surface area (Å²) in [4.78, 5) is 23.5. The highest BCUT2D eigenvalue weighted by atomic mass is 35.5. The number of nitrogens with one attached hydrogen (secondary N) is 1. The molecule has 0 bridgehead atoms. The van der Waals surface area contributed by atoms with E-state index in [-0.39, 0.29) is 12.6 Å². The van der Waals surface area contributed by atoms with E-state index in [9.17, 15) is 9.59 Å². The number of halogens is 1. The van der Waals surface area contributed by atoms with E-state index in [0.717, 1.165) is 0 Å². The Hall–Kier alpha value is -1.95. The van der Waals surface area contributed by atoms with Crippen LogP contribution in [0.3, 0.4) is 0 Å². The van der Waals surface area contributed by atoms with Crippen molar-refractivity contribution in [2.45, 2.75) is 6.10 Å². The molecule has 0 saturated carbocycles. The van der Waals surface area contributed by atoms with Gasteiger partial charge in [0.15, 0.2) is 0 Å². The molecule has 1 aromatic carbocycles. The molecule has 1 amide bonds. The van der Waals surface area contributed by atoms with Gasteiger partial charge in [0.1, 0.15) is 12.6 Å². The maximum atomic E-state index is 11.0. The van der Waals surface area contributed by atoms with Crippen LogP contribution in [-0.2, 0) is 9.53 Å². The normalized spacial score (nSPS) is 17.7. The van der Waals surface area contributed by atoms with Crippen LogP contribution < -0.4 is 10.2 Å². The van der Waals surface area contributed by atoms with Crippen LogP contribution in [0.1, 0.15) is 0 Å². The van der Waals surface area contributed by atoms with E-state index >= 15 is 0 Å². The van der Waals surface area contributed by atoms with Crippen molar-refractivity contribution in [2.24, 2.45) is 0 Å². The van der Waals surface area contributed by atoms with Crippen LogP contribution >= 0.6 is 11.6 Å². The summed E-state index contributed by atoms with van der Waals surface area (Å²) in [5.41, 5.74) is 0.679. The molecule has 1 unspecified atom stereocenters. The first-order chi connectivity index (χ1) is 9.04. The number of alkyl carbamates (subject to hydrolysis) is 1. The fourth-order valence-corrected chi connectivity index (χ4v) is 2.06. The Labute approximate surface area is 114 Å². The van der Waals surface area contributed by atoms with Gasteiger partial charge in [-0.25, -0.2) is 4.79 Å². The summed E-state index contributed by atoms with van der Waals surface area (Å²) >= 11 is 5.89. The van der Waals surface area contributed by atoms with Gasteiger partial charge < -0.3 is 20.1 Å². The van der Waals surface area contributed by atoms with E-state index in [4.69, 9.17) is 21.4 Å². The molecule has 2 N–H and O–H groups in total. The molecule has 2 rings (SSSR count). The first-order valence-corrected chi connectivity index (χ1v) is 6.09. The van der Waals surface area contributed by atoms with E-state index in [1.165, 1.54) is 0 Å². The van der Waals surface area contributed by atoms with Gasteiger partial charge >= 0.3 is 12.1 Å². The lowest BCUT2D eigenvalue weighted by Gasteiger charge is -2.25. The molecular formula is C12H13ClN2O4. The average molecular weight is 285 g/mol. The van der Waals surface area contributed by atoms with E-state index in [2.05, 4.69) is 5.32 Å². The number of cyclic esters (lactones) is 1. The van der Waals surface area contributed by atoms with Crippen molar-refractivity contribution in [1.82, 2.24) is 5.32 Å². The molecule has 0 aliphatic carbocycles. The molecular weight excluding hydrogens is 272 g/mol. The number of aliphatic carboxylic acids is 1. The molecule has 19 heavy (non-hydrogen) atoms. The van der Waals surface area contributed by atoms with Crippen LogP contribution in [0.5, 0.6) is 0 Å². The second-order valence-electron chi connectivity index (χ2n) is 4.16. The van der Waals surface area contributed by atoms with Gasteiger partial charge in [-0.15, -0.1) is 0 Å². The van der Waals surface area contributed by atoms with Crippen molar-refractivity contribution < 1.29 is 19.4 Å². The summed E-state index contributed by atoms with van der Waals surface area (Å²) in [5.74, 6) is -0.961. The van der Waals surface area contributed by atoms with Gasteiger partial charge in [-0.2, -0.15) is 0 Å². The van der Waals surface area contributed by atoms with Crippen LogP contribution in [0.4, 0.5) is 10.5 Å². The minimum Gasteiger partial charge on any atom is -0.480 e. The highest BCUT2D eigenvalue weighted by Gasteiger charge is 2.25. The van der Waals surface area contributed by atoms with E-state index in [0.29, 0.717) is 23.8 Å². The molecule has 1 fully saturated rings. The molecule has 1 heterocycles. The SMILES string of the molecule is O=C(O)CN(CC1CNC(=O)O1)c1cccc(Cl)c1. The van der Waals surface area contributed by atoms with Crippen LogP contribution in [0.2, 0.25) is 5.02 Å². The number of carbonyl (C=O) groups is 2. The van der Waals surface area contributed by atoms with Crippen LogP contribution in [-0.4, -0.2) is 42.9 Å². The van der Waals surface area contributed by atoms with Gasteiger partial charge in [0, 0.05) is 10.7 Å². The fraction of sp³-hybridized carbons (Fsp3) is 0.333. The monoisotopic (exact) mass is 284 g/mol. The third-order valence-electron chi connectivity index (χ3n) is 2.67. The Morgan fingerprint density at radius 3 is 2.95 bits per heavy atom. The third-order valence-corrected chi connectivity index (χ3v) is 2.91. The quantitative estimate of drug-likeness (QED) is 0.853. The predicted molar refractivity (Wildman–Crippen MR) is 69.6 cm³/mol. The number of ether oxygens (including phenoxy) is 1. The van der Waals surface area contributed by atoms with Crippen molar-refractivity contribution in [3.8, 4) is 0 Å². The fourth-order valence-electron chi connectivity index (χ4n) is 1.88. The van der Waals surface area contributed by atoms with Gasteiger partial charge in [-0.05, 0) is 18.2 Å². The number of rotatable bonds is 5. The first kappa shape index (κ1) is 13.5. The molecule has 1 aliphatic heterocycles. The molecule has 0 aromatic heterocycles. The number of hydrogen-bond donors (Lipinski definition) is 2. The lowest BCUT2D eigenvalue weighted by Crippen LogP contribution is -2.37. The lowest BCUT2D eigenvalue weighted by atomic mass is 10.2. The number of nitrogens with zero attached hydrogens (tertiary/aromatic N) is 1. The number of carboxylic acid groups (broad SMARTS) is 1. The Morgan fingerprint density at radius 1 is 1.58 bits per heavy atom. The molecule has 6 nitrogen and oxygen atoms in total. The third kappa shape index (κ3) is 3.75. The Balaban J connectivity index is 2.11. The molecule has 102 valence electrons. The molecule has 0 radical (unpaired) electrons. The van der Waals surface area contributed by atoms with Crippen molar-refractivity contribution >= 4 is 29.4 Å². The van der Waals surface area contributed by atoms with Crippen LogP contribution in [0.25, 0.3) is 0 Å². The maximum absolute atomic E-state index is 11.0. The maximum Gasteiger partial charge on any atom is 0.407 e. The average Bonchev–Trinajstić information content (AvgIpc) is 2.73. The van der Waals surface area contributed by atoms with Gasteiger partial charge in [0.05, 0.1) is 13.1 Å². The van der Waals surface area contributed by atoms with Crippen molar-refractivity contribution in [3.05, 3.63) is 29.3 Å². The topological polar surface area (TPSA) is 78.9 Å². The number of carbonyl (C=O) groups excluding carboxylic acids is 1. The second-order valence-corrected chi connectivity index (χ2v) is 4.60. The highest BCUT2D eigenvalue weighted by molar-refractivity contribution is 6.30. The highest BCUT2D eigenvalue weighted by Crippen LogP contribution is 2.20. The first-order valence-electron chi connectivity index (χ1n) is 5.71. The molecule has 1 aliphatic rings. The number of carboxylic acids is 1. The summed E-state index contributed by atoms with van der Waals surface area (Å²) < 4.78 is 5.01. The van der Waals surface area contributed by atoms with Gasteiger partial charge in [-0.3, -0.25) is 4.79 Å². The molecule has 1 saturated heterocycles. The minimum atomic E-state index is -0.961. The zero-order valence-corrected chi connectivity index (χ0v) is 10.8. The summed E-state index contributed by atoms with van der Waals surface area (Å²) in [6.07, 6.45) is -0.850. The Bertz CT molecular complexity index is 494. The Kier molecular flexibility index (Phi) is 4.11. The van der Waals surface area contributed by atoms with Crippen molar-refractivity contribution in [2.75, 3.05) is 24.5 Å². The molecule has 7 heteroatoms. The number of benzene rings is 1. The molecule has 1 atom stereocenters. The number of amides is 1. The van der Waals surface area contributed by atoms with Crippen LogP contribution in [0, 0.1) is 0 Å². The molecule has 0 spiro atoms. The number of anilines is 1. The standard InChI is InChI=1S/C12H13ClN2O4/c13-8-2-1-3-9(4-8)15(7-11(16)17)6-10-5-14-12(18)19-10/h1-4,10H,5-7H2,(H,14,18)(H,16,17). The summed E-state index contributed by atoms with van der Waals surface area (Å²) in [7, 11) is 0. The van der Waals surface area contributed by atoms with E-state index in [1.807, 2.05) is 0 Å². The summed E-state index contributed by atoms with van der Waals surface area (Å²) in [6, 6.07) is 6.89.